The predicted molar refractivity (Wildman–Crippen MR) is 68.6 cm³/mol. The average molecular weight is 222 g/mol. The Kier molecular flexibility index (Phi) is 4.10. The topological polar surface area (TPSA) is 55.0 Å². The van der Waals surface area contributed by atoms with Gasteiger partial charge in [0.05, 0.1) is 0 Å². The van der Waals surface area contributed by atoms with Crippen LogP contribution in [0.3, 0.4) is 0 Å². The summed E-state index contributed by atoms with van der Waals surface area (Å²) in [5.41, 5.74) is 5.79. The molecule has 1 aromatic heterocycles. The van der Waals surface area contributed by atoms with Crippen molar-refractivity contribution >= 4 is 11.6 Å². The standard InChI is InChI=1S/C12H22N4/c1-8(2)7-16(5)11-6-10(13)14-12(15-11)9(3)4/h6,8-9H,7H2,1-5H3,(H2,13,14,15). The summed E-state index contributed by atoms with van der Waals surface area (Å²) in [6.07, 6.45) is 0. The van der Waals surface area contributed by atoms with E-state index in [1.165, 1.54) is 0 Å². The zero-order valence-corrected chi connectivity index (χ0v) is 10.9. The average Bonchev–Trinajstić information content (AvgIpc) is 2.15. The molecule has 0 bridgehead atoms. The third kappa shape index (κ3) is 3.36. The van der Waals surface area contributed by atoms with Crippen LogP contribution < -0.4 is 10.6 Å². The Morgan fingerprint density at radius 1 is 1.25 bits per heavy atom. The molecule has 1 rings (SSSR count). The van der Waals surface area contributed by atoms with Crippen molar-refractivity contribution in [2.45, 2.75) is 33.6 Å². The summed E-state index contributed by atoms with van der Waals surface area (Å²) in [7, 11) is 2.03. The molecule has 0 aromatic carbocycles. The number of hydrogen-bond donors (Lipinski definition) is 1. The van der Waals surface area contributed by atoms with Gasteiger partial charge in [-0.15, -0.1) is 0 Å². The number of aromatic nitrogens is 2. The normalized spacial score (nSPS) is 11.2. The van der Waals surface area contributed by atoms with Crippen molar-refractivity contribution in [3.05, 3.63) is 11.9 Å². The van der Waals surface area contributed by atoms with Gasteiger partial charge < -0.3 is 10.6 Å². The molecule has 0 unspecified atom stereocenters. The smallest absolute Gasteiger partial charge is 0.135 e. The number of nitrogens with two attached hydrogens (primary N) is 1. The van der Waals surface area contributed by atoms with E-state index in [0.29, 0.717) is 17.7 Å². The molecule has 0 radical (unpaired) electrons. The van der Waals surface area contributed by atoms with Crippen LogP contribution in [0, 0.1) is 5.92 Å². The zero-order chi connectivity index (χ0) is 12.3. The van der Waals surface area contributed by atoms with Gasteiger partial charge in [0, 0.05) is 25.6 Å². The van der Waals surface area contributed by atoms with E-state index in [0.717, 1.165) is 18.2 Å². The summed E-state index contributed by atoms with van der Waals surface area (Å²) in [4.78, 5) is 10.9. The van der Waals surface area contributed by atoms with Crippen LogP contribution in [0.2, 0.25) is 0 Å². The van der Waals surface area contributed by atoms with E-state index >= 15 is 0 Å². The second kappa shape index (κ2) is 5.14. The summed E-state index contributed by atoms with van der Waals surface area (Å²) < 4.78 is 0. The van der Waals surface area contributed by atoms with Crippen molar-refractivity contribution in [1.29, 1.82) is 0 Å². The van der Waals surface area contributed by atoms with Gasteiger partial charge in [0.25, 0.3) is 0 Å². The summed E-state index contributed by atoms with van der Waals surface area (Å²) in [6.45, 7) is 9.48. The third-order valence-corrected chi connectivity index (χ3v) is 2.30. The molecule has 0 saturated carbocycles. The fraction of sp³-hybridized carbons (Fsp3) is 0.667. The molecule has 0 aliphatic carbocycles. The third-order valence-electron chi connectivity index (χ3n) is 2.30. The Labute approximate surface area is 97.9 Å². The van der Waals surface area contributed by atoms with E-state index in [1.807, 2.05) is 13.1 Å². The van der Waals surface area contributed by atoms with Crippen molar-refractivity contribution in [1.82, 2.24) is 9.97 Å². The first-order chi connectivity index (χ1) is 7.40. The molecule has 0 saturated heterocycles. The molecule has 0 fully saturated rings. The highest BCUT2D eigenvalue weighted by molar-refractivity contribution is 5.46. The van der Waals surface area contributed by atoms with Gasteiger partial charge in [0.15, 0.2) is 0 Å². The van der Waals surface area contributed by atoms with Crippen molar-refractivity contribution in [2.75, 3.05) is 24.2 Å². The number of rotatable bonds is 4. The first kappa shape index (κ1) is 12.7. The minimum atomic E-state index is 0.301. The maximum absolute atomic E-state index is 5.79. The predicted octanol–water partition coefficient (Wildman–Crippen LogP) is 2.27. The molecule has 16 heavy (non-hydrogen) atoms. The first-order valence-electron chi connectivity index (χ1n) is 5.75. The highest BCUT2D eigenvalue weighted by Gasteiger charge is 2.10. The Balaban J connectivity index is 2.95. The molecule has 2 N–H and O–H groups in total. The lowest BCUT2D eigenvalue weighted by atomic mass is 10.2. The van der Waals surface area contributed by atoms with Gasteiger partial charge >= 0.3 is 0 Å². The first-order valence-corrected chi connectivity index (χ1v) is 5.75. The van der Waals surface area contributed by atoms with Gasteiger partial charge in [-0.05, 0) is 5.92 Å². The number of nitrogens with zero attached hydrogens (tertiary/aromatic N) is 3. The SMILES string of the molecule is CC(C)CN(C)c1cc(N)nc(C(C)C)n1. The molecule has 0 atom stereocenters. The lowest BCUT2D eigenvalue weighted by molar-refractivity contribution is 0.631. The van der Waals surface area contributed by atoms with E-state index < -0.39 is 0 Å². The molecule has 0 aliphatic rings. The van der Waals surface area contributed by atoms with Crippen LogP contribution in [0.1, 0.15) is 39.4 Å². The van der Waals surface area contributed by atoms with Crippen LogP contribution >= 0.6 is 0 Å². The van der Waals surface area contributed by atoms with Crippen LogP contribution in [0.25, 0.3) is 0 Å². The second-order valence-electron chi connectivity index (χ2n) is 4.94. The largest absolute Gasteiger partial charge is 0.384 e. The molecule has 4 nitrogen and oxygen atoms in total. The molecule has 1 heterocycles. The Morgan fingerprint density at radius 2 is 1.88 bits per heavy atom. The molecule has 90 valence electrons. The maximum Gasteiger partial charge on any atom is 0.135 e. The number of hydrogen-bond acceptors (Lipinski definition) is 4. The van der Waals surface area contributed by atoms with Crippen LogP contribution in [0.15, 0.2) is 6.07 Å². The van der Waals surface area contributed by atoms with Crippen LogP contribution in [0.4, 0.5) is 11.6 Å². The van der Waals surface area contributed by atoms with Crippen molar-refractivity contribution < 1.29 is 0 Å². The van der Waals surface area contributed by atoms with Gasteiger partial charge in [-0.25, -0.2) is 9.97 Å². The van der Waals surface area contributed by atoms with Crippen molar-refractivity contribution in [3.63, 3.8) is 0 Å². The quantitative estimate of drug-likeness (QED) is 0.849. The van der Waals surface area contributed by atoms with Gasteiger partial charge in [-0.2, -0.15) is 0 Å². The van der Waals surface area contributed by atoms with Gasteiger partial charge in [-0.1, -0.05) is 27.7 Å². The summed E-state index contributed by atoms with van der Waals surface area (Å²) in [5, 5.41) is 0. The molecule has 0 spiro atoms. The molecule has 0 amide bonds. The summed E-state index contributed by atoms with van der Waals surface area (Å²) >= 11 is 0. The van der Waals surface area contributed by atoms with Crippen molar-refractivity contribution in [2.24, 2.45) is 5.92 Å². The van der Waals surface area contributed by atoms with Crippen molar-refractivity contribution in [3.8, 4) is 0 Å². The minimum absolute atomic E-state index is 0.301. The van der Waals surface area contributed by atoms with Gasteiger partial charge in [-0.3, -0.25) is 0 Å². The Morgan fingerprint density at radius 3 is 2.38 bits per heavy atom. The monoisotopic (exact) mass is 222 g/mol. The molecular formula is C12H22N4. The van der Waals surface area contributed by atoms with Crippen LogP contribution in [0.5, 0.6) is 0 Å². The second-order valence-corrected chi connectivity index (χ2v) is 4.94. The highest BCUT2D eigenvalue weighted by atomic mass is 15.2. The van der Waals surface area contributed by atoms with Crippen LogP contribution in [-0.4, -0.2) is 23.6 Å². The minimum Gasteiger partial charge on any atom is -0.384 e. The lowest BCUT2D eigenvalue weighted by Gasteiger charge is -2.21. The lowest BCUT2D eigenvalue weighted by Crippen LogP contribution is -2.24. The number of nitrogen functional groups attached to an aromatic ring is 1. The number of anilines is 2. The Bertz CT molecular complexity index is 347. The van der Waals surface area contributed by atoms with Gasteiger partial charge in [0.1, 0.15) is 17.5 Å². The maximum atomic E-state index is 5.79. The highest BCUT2D eigenvalue weighted by Crippen LogP contribution is 2.18. The molecule has 0 aliphatic heterocycles. The fourth-order valence-electron chi connectivity index (χ4n) is 1.57. The van der Waals surface area contributed by atoms with Gasteiger partial charge in [0.2, 0.25) is 0 Å². The van der Waals surface area contributed by atoms with E-state index in [2.05, 4.69) is 42.6 Å². The summed E-state index contributed by atoms with van der Waals surface area (Å²) in [6, 6.07) is 1.83. The van der Waals surface area contributed by atoms with E-state index in [4.69, 9.17) is 5.73 Å². The fourth-order valence-corrected chi connectivity index (χ4v) is 1.57. The van der Waals surface area contributed by atoms with E-state index in [9.17, 15) is 0 Å². The molecule has 1 aromatic rings. The van der Waals surface area contributed by atoms with Crippen LogP contribution in [-0.2, 0) is 0 Å². The Hall–Kier alpha value is -1.32. The van der Waals surface area contributed by atoms with E-state index in [1.54, 1.807) is 0 Å². The zero-order valence-electron chi connectivity index (χ0n) is 10.9. The molecular weight excluding hydrogens is 200 g/mol. The summed E-state index contributed by atoms with van der Waals surface area (Å²) in [5.74, 6) is 3.17. The molecule has 4 heteroatoms. The van der Waals surface area contributed by atoms with E-state index in [-0.39, 0.29) is 0 Å².